The molecular formula is C27H39N3O3. The van der Waals surface area contributed by atoms with Crippen LogP contribution in [0.15, 0.2) is 0 Å². The van der Waals surface area contributed by atoms with Crippen LogP contribution in [-0.2, 0) is 14.4 Å². The number of fused-ring (bicyclic) bond motifs is 12. The van der Waals surface area contributed by atoms with Crippen LogP contribution < -0.4 is 17.2 Å². The molecule has 9 atom stereocenters. The Morgan fingerprint density at radius 2 is 0.727 bits per heavy atom. The molecule has 6 heteroatoms. The van der Waals surface area contributed by atoms with Gasteiger partial charge in [-0.3, -0.25) is 14.4 Å². The van der Waals surface area contributed by atoms with E-state index in [0.29, 0.717) is 17.3 Å². The van der Waals surface area contributed by atoms with Crippen LogP contribution in [-0.4, -0.2) is 35.5 Å². The summed E-state index contributed by atoms with van der Waals surface area (Å²) < 4.78 is 0. The van der Waals surface area contributed by atoms with Crippen molar-refractivity contribution in [1.82, 2.24) is 0 Å². The molecule has 0 saturated heterocycles. The Hall–Kier alpha value is -1.11. The third kappa shape index (κ3) is 2.69. The summed E-state index contributed by atoms with van der Waals surface area (Å²) in [7, 11) is 0. The number of nitrogens with two attached hydrogens (primary N) is 3. The minimum absolute atomic E-state index is 0.000773. The van der Waals surface area contributed by atoms with Gasteiger partial charge in [0.25, 0.3) is 0 Å². The lowest BCUT2D eigenvalue weighted by Crippen LogP contribution is -2.50. The summed E-state index contributed by atoms with van der Waals surface area (Å²) in [5.41, 5.74) is 19.0. The second kappa shape index (κ2) is 7.20. The molecule has 33 heavy (non-hydrogen) atoms. The van der Waals surface area contributed by atoms with Crippen molar-refractivity contribution in [2.24, 2.45) is 88.2 Å². The molecule has 7 fully saturated rings. The Morgan fingerprint density at radius 3 is 1.00 bits per heavy atom. The van der Waals surface area contributed by atoms with Gasteiger partial charge in [-0.2, -0.15) is 0 Å². The van der Waals surface area contributed by atoms with Crippen molar-refractivity contribution in [1.29, 1.82) is 0 Å². The molecule has 6 nitrogen and oxygen atoms in total. The van der Waals surface area contributed by atoms with Crippen LogP contribution >= 0.6 is 0 Å². The highest BCUT2D eigenvalue weighted by Gasteiger charge is 2.73. The first-order valence-electron chi connectivity index (χ1n) is 13.7. The molecule has 0 radical (unpaired) electrons. The normalized spacial score (nSPS) is 59.4. The van der Waals surface area contributed by atoms with E-state index in [1.807, 2.05) is 0 Å². The Kier molecular flexibility index (Phi) is 4.63. The molecule has 0 bridgehead atoms. The summed E-state index contributed by atoms with van der Waals surface area (Å²) in [6.07, 6.45) is 8.06. The molecule has 7 saturated carbocycles. The number of Topliss-reactive ketones (excluding diaryl/α,β-unsaturated/α-hetero) is 3. The molecule has 0 amide bonds. The van der Waals surface area contributed by atoms with E-state index >= 15 is 0 Å². The number of hydrogen-bond donors (Lipinski definition) is 3. The third-order valence-electron chi connectivity index (χ3n) is 11.9. The molecule has 0 spiro atoms. The molecule has 6 N–H and O–H groups in total. The minimum atomic E-state index is -0.109. The average Bonchev–Trinajstić information content (AvgIpc) is 3.35. The van der Waals surface area contributed by atoms with Crippen molar-refractivity contribution in [3.8, 4) is 0 Å². The fraction of sp³-hybridized carbons (Fsp3) is 0.889. The second-order valence-electron chi connectivity index (χ2n) is 13.0. The lowest BCUT2D eigenvalue weighted by molar-refractivity contribution is -0.138. The van der Waals surface area contributed by atoms with Gasteiger partial charge in [0.15, 0.2) is 0 Å². The Labute approximate surface area is 196 Å². The fourth-order valence-corrected chi connectivity index (χ4v) is 11.0. The quantitative estimate of drug-likeness (QED) is 0.512. The highest BCUT2D eigenvalue weighted by molar-refractivity contribution is 5.96. The standard InChI is InChI=1S/C27H39N3O3/c28-10-1-4-13-16(7-10)25(31)22-19(13)23-21(14-5-2-11(29)8-17(14)26(23)32)24-20(22)15-6-3-12(30)9-18(15)27(24)33/h10-24H,1-9,28-30H2. The van der Waals surface area contributed by atoms with Gasteiger partial charge in [0.2, 0.25) is 0 Å². The van der Waals surface area contributed by atoms with E-state index in [9.17, 15) is 14.4 Å². The van der Waals surface area contributed by atoms with Crippen molar-refractivity contribution < 1.29 is 14.4 Å². The van der Waals surface area contributed by atoms with E-state index in [1.165, 1.54) is 0 Å². The molecular weight excluding hydrogens is 414 g/mol. The van der Waals surface area contributed by atoms with E-state index in [4.69, 9.17) is 17.2 Å². The Morgan fingerprint density at radius 1 is 0.455 bits per heavy atom. The van der Waals surface area contributed by atoms with Gasteiger partial charge in [0, 0.05) is 53.6 Å². The molecule has 0 aliphatic heterocycles. The van der Waals surface area contributed by atoms with Crippen molar-refractivity contribution in [3.05, 3.63) is 0 Å². The van der Waals surface area contributed by atoms with Crippen molar-refractivity contribution >= 4 is 17.3 Å². The summed E-state index contributed by atoms with van der Waals surface area (Å²) >= 11 is 0. The number of rotatable bonds is 0. The monoisotopic (exact) mass is 453 g/mol. The summed E-state index contributed by atoms with van der Waals surface area (Å²) in [5, 5.41) is 0. The fourth-order valence-electron chi connectivity index (χ4n) is 11.0. The van der Waals surface area contributed by atoms with E-state index in [2.05, 4.69) is 0 Å². The molecule has 0 aromatic carbocycles. The van der Waals surface area contributed by atoms with E-state index in [1.54, 1.807) is 0 Å². The first-order chi connectivity index (χ1) is 15.9. The molecule has 180 valence electrons. The number of carbonyl (C=O) groups is 3. The van der Waals surface area contributed by atoms with Gasteiger partial charge in [-0.15, -0.1) is 0 Å². The van der Waals surface area contributed by atoms with Gasteiger partial charge >= 0.3 is 0 Å². The summed E-state index contributed by atoms with van der Waals surface area (Å²) in [4.78, 5) is 42.1. The Balaban J connectivity index is 1.37. The Bertz CT molecular complexity index is 779. The molecule has 7 aliphatic carbocycles. The topological polar surface area (TPSA) is 129 Å². The first-order valence-corrected chi connectivity index (χ1v) is 13.7. The maximum atomic E-state index is 14.0. The van der Waals surface area contributed by atoms with E-state index in [0.717, 1.165) is 57.8 Å². The van der Waals surface area contributed by atoms with Gasteiger partial charge in [-0.25, -0.2) is 0 Å². The molecule has 0 aromatic heterocycles. The molecule has 9 unspecified atom stereocenters. The van der Waals surface area contributed by atoms with Gasteiger partial charge in [-0.05, 0) is 93.3 Å². The second-order valence-corrected chi connectivity index (χ2v) is 13.0. The zero-order valence-electron chi connectivity index (χ0n) is 19.5. The molecule has 7 rings (SSSR count). The van der Waals surface area contributed by atoms with Crippen LogP contribution in [0.1, 0.15) is 57.8 Å². The zero-order chi connectivity index (χ0) is 22.8. The van der Waals surface area contributed by atoms with E-state index < -0.39 is 0 Å². The smallest absolute Gasteiger partial charge is 0.140 e. The van der Waals surface area contributed by atoms with Gasteiger partial charge < -0.3 is 17.2 Å². The summed E-state index contributed by atoms with van der Waals surface area (Å²) in [6.45, 7) is 0. The van der Waals surface area contributed by atoms with Crippen LogP contribution in [0.3, 0.4) is 0 Å². The predicted octanol–water partition coefficient (Wildman–Crippen LogP) is 1.68. The van der Waals surface area contributed by atoms with Gasteiger partial charge in [0.1, 0.15) is 17.3 Å². The largest absolute Gasteiger partial charge is 0.328 e. The maximum absolute atomic E-state index is 14.0. The van der Waals surface area contributed by atoms with Crippen LogP contribution in [0.4, 0.5) is 0 Å². The van der Waals surface area contributed by atoms with Crippen LogP contribution in [0.25, 0.3) is 0 Å². The van der Waals surface area contributed by atoms with Crippen molar-refractivity contribution in [3.63, 3.8) is 0 Å². The predicted molar refractivity (Wildman–Crippen MR) is 122 cm³/mol. The van der Waals surface area contributed by atoms with Crippen LogP contribution in [0, 0.1) is 71.0 Å². The SMILES string of the molecule is NC1CCC2C(C1)C(=O)C1C2C2C(=O)C3CC(N)CCC3C2C2C(=O)C3CC(N)CCC3C12. The van der Waals surface area contributed by atoms with Crippen LogP contribution in [0.2, 0.25) is 0 Å². The molecule has 0 heterocycles. The van der Waals surface area contributed by atoms with Crippen molar-refractivity contribution in [2.45, 2.75) is 75.9 Å². The molecule has 7 aliphatic rings. The molecule has 0 aromatic rings. The zero-order valence-corrected chi connectivity index (χ0v) is 19.5. The van der Waals surface area contributed by atoms with Gasteiger partial charge in [-0.1, -0.05) is 0 Å². The maximum Gasteiger partial charge on any atom is 0.140 e. The minimum Gasteiger partial charge on any atom is -0.328 e. The van der Waals surface area contributed by atoms with Crippen molar-refractivity contribution in [2.75, 3.05) is 0 Å². The first kappa shape index (κ1) is 21.2. The van der Waals surface area contributed by atoms with E-state index in [-0.39, 0.29) is 89.1 Å². The third-order valence-corrected chi connectivity index (χ3v) is 11.9. The van der Waals surface area contributed by atoms with Gasteiger partial charge in [0.05, 0.1) is 0 Å². The lowest BCUT2D eigenvalue weighted by Gasteiger charge is -2.48. The number of ketones is 3. The number of carbonyl (C=O) groups excluding carboxylic acids is 3. The lowest BCUT2D eigenvalue weighted by atomic mass is 9.54. The average molecular weight is 454 g/mol. The summed E-state index contributed by atoms with van der Waals surface area (Å²) in [6, 6.07) is 0.271. The number of hydrogen-bond acceptors (Lipinski definition) is 6. The highest BCUT2D eigenvalue weighted by atomic mass is 16.1. The highest BCUT2D eigenvalue weighted by Crippen LogP contribution is 2.69. The van der Waals surface area contributed by atoms with Crippen LogP contribution in [0.5, 0.6) is 0 Å². The summed E-state index contributed by atoms with van der Waals surface area (Å²) in [5.74, 6) is 2.02.